The third-order valence-corrected chi connectivity index (χ3v) is 4.75. The summed E-state index contributed by atoms with van der Waals surface area (Å²) in [6.07, 6.45) is 3.87. The summed E-state index contributed by atoms with van der Waals surface area (Å²) in [5.41, 5.74) is 2.13. The predicted molar refractivity (Wildman–Crippen MR) is 101 cm³/mol. The van der Waals surface area contributed by atoms with Crippen molar-refractivity contribution in [3.63, 3.8) is 0 Å². The van der Waals surface area contributed by atoms with E-state index in [9.17, 15) is 9.59 Å². The molecule has 0 spiro atoms. The van der Waals surface area contributed by atoms with Gasteiger partial charge in [-0.2, -0.15) is 0 Å². The number of unbranched alkanes of at least 4 members (excludes halogenated alkanes) is 1. The zero-order valence-corrected chi connectivity index (χ0v) is 16.5. The van der Waals surface area contributed by atoms with Crippen molar-refractivity contribution in [2.24, 2.45) is 5.92 Å². The molecule has 0 radical (unpaired) electrons. The Hall–Kier alpha value is -2.10. The lowest BCUT2D eigenvalue weighted by Crippen LogP contribution is -2.42. The van der Waals surface area contributed by atoms with Crippen molar-refractivity contribution < 1.29 is 19.1 Å². The zero-order valence-electron chi connectivity index (χ0n) is 16.5. The lowest BCUT2D eigenvalue weighted by molar-refractivity contribution is -0.222. The van der Waals surface area contributed by atoms with Crippen molar-refractivity contribution >= 4 is 11.9 Å². The van der Waals surface area contributed by atoms with Crippen molar-refractivity contribution in [3.05, 3.63) is 47.0 Å². The van der Waals surface area contributed by atoms with Crippen molar-refractivity contribution in [2.45, 2.75) is 72.0 Å². The van der Waals surface area contributed by atoms with E-state index in [1.807, 2.05) is 32.0 Å². The molecule has 1 aromatic rings. The highest BCUT2D eigenvalue weighted by Crippen LogP contribution is 2.35. The number of benzene rings is 1. The number of allylic oxidation sites excluding steroid dienone is 1. The van der Waals surface area contributed by atoms with Gasteiger partial charge in [0.05, 0.1) is 0 Å². The van der Waals surface area contributed by atoms with Crippen LogP contribution in [0.5, 0.6) is 0 Å². The van der Waals surface area contributed by atoms with E-state index in [4.69, 9.17) is 9.47 Å². The molecule has 1 aromatic carbocycles. The minimum absolute atomic E-state index is 0.0548. The van der Waals surface area contributed by atoms with Gasteiger partial charge in [0.15, 0.2) is 0 Å². The summed E-state index contributed by atoms with van der Waals surface area (Å²) in [6, 6.07) is 10.3. The first-order chi connectivity index (χ1) is 12.2. The van der Waals surface area contributed by atoms with E-state index in [-0.39, 0.29) is 17.4 Å². The predicted octanol–water partition coefficient (Wildman–Crippen LogP) is 5.14. The molecule has 4 heteroatoms. The molecule has 0 saturated carbocycles. The second kappa shape index (κ2) is 8.52. The van der Waals surface area contributed by atoms with Gasteiger partial charge in [-0.05, 0) is 35.8 Å². The van der Waals surface area contributed by atoms with E-state index in [0.717, 1.165) is 24.8 Å². The van der Waals surface area contributed by atoms with E-state index in [0.29, 0.717) is 6.42 Å². The number of rotatable bonds is 7. The summed E-state index contributed by atoms with van der Waals surface area (Å²) in [6.45, 7) is 9.32. The maximum atomic E-state index is 12.5. The Labute approximate surface area is 156 Å². The van der Waals surface area contributed by atoms with Crippen molar-refractivity contribution in [2.75, 3.05) is 0 Å². The van der Waals surface area contributed by atoms with E-state index < -0.39 is 17.7 Å². The molecular weight excluding hydrogens is 328 g/mol. The quantitative estimate of drug-likeness (QED) is 0.385. The second-order valence-electron chi connectivity index (χ2n) is 7.69. The largest absolute Gasteiger partial charge is 0.419 e. The van der Waals surface area contributed by atoms with Crippen LogP contribution in [0.3, 0.4) is 0 Å². The van der Waals surface area contributed by atoms with Crippen LogP contribution < -0.4 is 0 Å². The first-order valence-corrected chi connectivity index (χ1v) is 9.49. The number of esters is 2. The van der Waals surface area contributed by atoms with Crippen molar-refractivity contribution in [1.29, 1.82) is 0 Å². The summed E-state index contributed by atoms with van der Waals surface area (Å²) in [4.78, 5) is 25.0. The molecule has 0 bridgehead atoms. The van der Waals surface area contributed by atoms with Crippen LogP contribution in [0.1, 0.15) is 71.8 Å². The molecular formula is C22H30O4. The molecule has 1 aliphatic rings. The summed E-state index contributed by atoms with van der Waals surface area (Å²) in [7, 11) is 0. The Morgan fingerprint density at radius 3 is 2.12 bits per heavy atom. The Bertz CT molecular complexity index is 649. The topological polar surface area (TPSA) is 52.6 Å². The normalized spacial score (nSPS) is 17.7. The highest BCUT2D eigenvalue weighted by molar-refractivity contribution is 6.16. The molecule has 2 rings (SSSR count). The fourth-order valence-electron chi connectivity index (χ4n) is 3.37. The van der Waals surface area contributed by atoms with Gasteiger partial charge < -0.3 is 9.47 Å². The lowest BCUT2D eigenvalue weighted by Gasteiger charge is -2.32. The van der Waals surface area contributed by atoms with Gasteiger partial charge in [0.1, 0.15) is 5.57 Å². The number of ether oxygens (including phenoxy) is 2. The van der Waals surface area contributed by atoms with Crippen LogP contribution in [0.2, 0.25) is 0 Å². The Morgan fingerprint density at radius 2 is 1.62 bits per heavy atom. The highest BCUT2D eigenvalue weighted by atomic mass is 16.7. The van der Waals surface area contributed by atoms with Crippen LogP contribution >= 0.6 is 0 Å². The number of carbonyl (C=O) groups is 2. The summed E-state index contributed by atoms with van der Waals surface area (Å²) >= 11 is 0. The van der Waals surface area contributed by atoms with Crippen LogP contribution in [0.25, 0.3) is 0 Å². The fraction of sp³-hybridized carbons (Fsp3) is 0.545. The number of hydrogen-bond acceptors (Lipinski definition) is 4. The fourth-order valence-corrected chi connectivity index (χ4v) is 3.37. The van der Waals surface area contributed by atoms with Gasteiger partial charge in [-0.25, -0.2) is 9.59 Å². The molecule has 1 aliphatic heterocycles. The maximum Gasteiger partial charge on any atom is 0.348 e. The van der Waals surface area contributed by atoms with Crippen LogP contribution in [0.4, 0.5) is 0 Å². The number of cyclic esters (lactones) is 2. The SMILES string of the molecule is CCCC[C@H](CC(=C1C(=O)OC(C)(C)OC1=O)C(C)C)c1ccccc1. The van der Waals surface area contributed by atoms with Crippen LogP contribution in [0.15, 0.2) is 41.5 Å². The third-order valence-electron chi connectivity index (χ3n) is 4.75. The summed E-state index contributed by atoms with van der Waals surface area (Å²) in [5, 5.41) is 0. The maximum absolute atomic E-state index is 12.5. The van der Waals surface area contributed by atoms with E-state index >= 15 is 0 Å². The highest BCUT2D eigenvalue weighted by Gasteiger charge is 2.41. The smallest absolute Gasteiger partial charge is 0.348 e. The Morgan fingerprint density at radius 1 is 1.04 bits per heavy atom. The first-order valence-electron chi connectivity index (χ1n) is 9.49. The molecule has 0 N–H and O–H groups in total. The van der Waals surface area contributed by atoms with E-state index in [2.05, 4.69) is 19.1 Å². The van der Waals surface area contributed by atoms with Gasteiger partial charge in [-0.3, -0.25) is 0 Å². The van der Waals surface area contributed by atoms with Crippen LogP contribution in [0, 0.1) is 5.92 Å². The molecule has 1 heterocycles. The van der Waals surface area contributed by atoms with Gasteiger partial charge in [0.25, 0.3) is 5.79 Å². The third kappa shape index (κ3) is 4.96. The standard InChI is InChI=1S/C22H30O4/c1-6-7-11-17(16-12-9-8-10-13-16)14-18(15(2)3)19-20(23)25-22(4,5)26-21(19)24/h8-10,12-13,15,17H,6-7,11,14H2,1-5H3/t17-/m1/s1. The Kier molecular flexibility index (Phi) is 6.63. The molecule has 1 fully saturated rings. The van der Waals surface area contributed by atoms with Gasteiger partial charge >= 0.3 is 11.9 Å². The zero-order chi connectivity index (χ0) is 19.3. The molecule has 1 saturated heterocycles. The van der Waals surface area contributed by atoms with Crippen molar-refractivity contribution in [1.82, 2.24) is 0 Å². The molecule has 0 amide bonds. The minimum Gasteiger partial charge on any atom is -0.419 e. The minimum atomic E-state index is -1.21. The lowest BCUT2D eigenvalue weighted by atomic mass is 9.82. The van der Waals surface area contributed by atoms with Gasteiger partial charge in [0, 0.05) is 13.8 Å². The average molecular weight is 358 g/mol. The van der Waals surface area contributed by atoms with E-state index in [1.54, 1.807) is 13.8 Å². The first kappa shape index (κ1) is 20.2. The molecule has 0 unspecified atom stereocenters. The average Bonchev–Trinajstić information content (AvgIpc) is 2.55. The van der Waals surface area contributed by atoms with E-state index in [1.165, 1.54) is 5.56 Å². The number of carbonyl (C=O) groups excluding carboxylic acids is 2. The summed E-state index contributed by atoms with van der Waals surface area (Å²) in [5.74, 6) is -2.04. The Balaban J connectivity index is 2.38. The second-order valence-corrected chi connectivity index (χ2v) is 7.69. The molecule has 26 heavy (non-hydrogen) atoms. The molecule has 1 atom stereocenters. The van der Waals surface area contributed by atoms with Gasteiger partial charge in [-0.15, -0.1) is 0 Å². The van der Waals surface area contributed by atoms with Gasteiger partial charge in [-0.1, -0.05) is 63.9 Å². The molecule has 142 valence electrons. The van der Waals surface area contributed by atoms with Crippen molar-refractivity contribution in [3.8, 4) is 0 Å². The molecule has 4 nitrogen and oxygen atoms in total. The van der Waals surface area contributed by atoms with Crippen LogP contribution in [-0.2, 0) is 19.1 Å². The van der Waals surface area contributed by atoms with Crippen LogP contribution in [-0.4, -0.2) is 17.7 Å². The molecule has 0 aliphatic carbocycles. The number of hydrogen-bond donors (Lipinski definition) is 0. The molecule has 0 aromatic heterocycles. The summed E-state index contributed by atoms with van der Waals surface area (Å²) < 4.78 is 10.6. The monoisotopic (exact) mass is 358 g/mol. The van der Waals surface area contributed by atoms with Gasteiger partial charge in [0.2, 0.25) is 0 Å².